The molecule has 0 aliphatic heterocycles. The van der Waals surface area contributed by atoms with Crippen molar-refractivity contribution in [3.05, 3.63) is 74.8 Å². The van der Waals surface area contributed by atoms with Crippen LogP contribution < -0.4 is 4.83 Å². The Hall–Kier alpha value is -2.52. The number of rotatable bonds is 6. The molecule has 24 heavy (non-hydrogen) atoms. The number of nitro benzene ring substituents is 1. The maximum atomic E-state index is 12.0. The monoisotopic (exact) mass is 409 g/mol. The summed E-state index contributed by atoms with van der Waals surface area (Å²) in [5.41, 5.74) is 0.349. The number of nitrogens with zero attached hydrogens (tertiary/aromatic N) is 2. The van der Waals surface area contributed by atoms with Crippen molar-refractivity contribution in [1.29, 1.82) is 0 Å². The van der Waals surface area contributed by atoms with E-state index in [1.165, 1.54) is 36.6 Å². The molecule has 2 rings (SSSR count). The van der Waals surface area contributed by atoms with Gasteiger partial charge in [-0.15, -0.1) is 0 Å². The zero-order valence-corrected chi connectivity index (χ0v) is 14.6. The average molecular weight is 410 g/mol. The zero-order chi connectivity index (χ0) is 17.6. The highest BCUT2D eigenvalue weighted by atomic mass is 79.9. The Morgan fingerprint density at radius 2 is 1.79 bits per heavy atom. The van der Waals surface area contributed by atoms with Crippen molar-refractivity contribution in [3.63, 3.8) is 0 Å². The van der Waals surface area contributed by atoms with Crippen LogP contribution in [0.1, 0.15) is 5.56 Å². The summed E-state index contributed by atoms with van der Waals surface area (Å²) in [6.45, 7) is 0. The molecule has 2 aromatic carbocycles. The summed E-state index contributed by atoms with van der Waals surface area (Å²) in [6.07, 6.45) is 4.08. The minimum absolute atomic E-state index is 0.0439. The van der Waals surface area contributed by atoms with Crippen LogP contribution in [0.5, 0.6) is 0 Å². The van der Waals surface area contributed by atoms with Crippen molar-refractivity contribution in [1.82, 2.24) is 4.83 Å². The molecule has 0 aliphatic carbocycles. The minimum atomic E-state index is -3.75. The topological polar surface area (TPSA) is 102 Å². The van der Waals surface area contributed by atoms with Crippen LogP contribution >= 0.6 is 15.9 Å². The third-order valence-electron chi connectivity index (χ3n) is 2.87. The van der Waals surface area contributed by atoms with Crippen molar-refractivity contribution in [2.75, 3.05) is 0 Å². The van der Waals surface area contributed by atoms with E-state index in [4.69, 9.17) is 0 Å². The first-order chi connectivity index (χ1) is 11.4. The smallest absolute Gasteiger partial charge is 0.258 e. The lowest BCUT2D eigenvalue weighted by Crippen LogP contribution is -2.17. The lowest BCUT2D eigenvalue weighted by atomic mass is 10.2. The van der Waals surface area contributed by atoms with Crippen LogP contribution in [0.4, 0.5) is 5.69 Å². The predicted octanol–water partition coefficient (Wildman–Crippen LogP) is 3.33. The van der Waals surface area contributed by atoms with Gasteiger partial charge in [-0.25, -0.2) is 4.83 Å². The standard InChI is InChI=1S/C15H12BrN3O4S/c16-13-7-9-14(10-8-13)24(22,23)18-17-11-3-5-12-4-1-2-6-15(12)19(20)21/h1-11,18H/b5-3+,17-11+. The van der Waals surface area contributed by atoms with Crippen molar-refractivity contribution < 1.29 is 13.3 Å². The van der Waals surface area contributed by atoms with E-state index in [9.17, 15) is 18.5 Å². The van der Waals surface area contributed by atoms with Gasteiger partial charge < -0.3 is 0 Å². The SMILES string of the molecule is O=[N+]([O-])c1ccccc1/C=C/C=N/NS(=O)(=O)c1ccc(Br)cc1. The lowest BCUT2D eigenvalue weighted by molar-refractivity contribution is -0.385. The van der Waals surface area contributed by atoms with Crippen molar-refractivity contribution in [2.24, 2.45) is 5.10 Å². The Balaban J connectivity index is 2.05. The molecular weight excluding hydrogens is 398 g/mol. The van der Waals surface area contributed by atoms with E-state index in [1.807, 2.05) is 0 Å². The molecule has 0 fully saturated rings. The Labute approximate surface area is 147 Å². The van der Waals surface area contributed by atoms with Crippen LogP contribution in [0.3, 0.4) is 0 Å². The zero-order valence-electron chi connectivity index (χ0n) is 12.2. The molecular formula is C15H12BrN3O4S. The van der Waals surface area contributed by atoms with Gasteiger partial charge in [0.25, 0.3) is 15.7 Å². The fraction of sp³-hybridized carbons (Fsp3) is 0. The number of hydrazone groups is 1. The largest absolute Gasteiger partial charge is 0.276 e. The fourth-order valence-electron chi connectivity index (χ4n) is 1.75. The van der Waals surface area contributed by atoms with Crippen LogP contribution in [0.15, 0.2) is 69.1 Å². The maximum Gasteiger partial charge on any atom is 0.276 e. The Kier molecular flexibility index (Phi) is 5.83. The van der Waals surface area contributed by atoms with Crippen LogP contribution in [-0.2, 0) is 10.0 Å². The second-order valence-corrected chi connectivity index (χ2v) is 7.08. The number of allylic oxidation sites excluding steroid dienone is 1. The molecule has 0 saturated carbocycles. The van der Waals surface area contributed by atoms with Crippen molar-refractivity contribution in [2.45, 2.75) is 4.90 Å². The number of nitrogens with one attached hydrogen (secondary N) is 1. The molecule has 124 valence electrons. The van der Waals surface area contributed by atoms with E-state index in [2.05, 4.69) is 25.9 Å². The Morgan fingerprint density at radius 3 is 2.46 bits per heavy atom. The van der Waals surface area contributed by atoms with Gasteiger partial charge >= 0.3 is 0 Å². The highest BCUT2D eigenvalue weighted by molar-refractivity contribution is 9.10. The van der Waals surface area contributed by atoms with Crippen LogP contribution in [-0.4, -0.2) is 19.6 Å². The first kappa shape index (κ1) is 17.8. The molecule has 9 heteroatoms. The summed E-state index contributed by atoms with van der Waals surface area (Å²) in [7, 11) is -3.75. The summed E-state index contributed by atoms with van der Waals surface area (Å²) in [4.78, 5) is 12.5. The normalized spacial score (nSPS) is 11.9. The van der Waals surface area contributed by atoms with Crippen LogP contribution in [0.25, 0.3) is 6.08 Å². The van der Waals surface area contributed by atoms with E-state index in [0.717, 1.165) is 4.47 Å². The molecule has 0 aromatic heterocycles. The average Bonchev–Trinajstić information content (AvgIpc) is 2.55. The van der Waals surface area contributed by atoms with Crippen molar-refractivity contribution >= 4 is 43.9 Å². The van der Waals surface area contributed by atoms with E-state index in [-0.39, 0.29) is 10.6 Å². The minimum Gasteiger partial charge on any atom is -0.258 e. The number of nitro groups is 1. The molecule has 0 amide bonds. The quantitative estimate of drug-likeness (QED) is 0.448. The number of halogens is 1. The molecule has 0 radical (unpaired) electrons. The molecule has 0 bridgehead atoms. The summed E-state index contributed by atoms with van der Waals surface area (Å²) < 4.78 is 24.7. The van der Waals surface area contributed by atoms with Gasteiger partial charge in [0, 0.05) is 16.8 Å². The number of para-hydroxylation sites is 1. The summed E-state index contributed by atoms with van der Waals surface area (Å²) in [5, 5.41) is 14.5. The molecule has 2 aromatic rings. The molecule has 0 saturated heterocycles. The van der Waals surface area contributed by atoms with Gasteiger partial charge in [0.1, 0.15) is 0 Å². The summed E-state index contributed by atoms with van der Waals surface area (Å²) in [5.74, 6) is 0. The van der Waals surface area contributed by atoms with Gasteiger partial charge in [-0.2, -0.15) is 13.5 Å². The van der Waals surface area contributed by atoms with Crippen LogP contribution in [0.2, 0.25) is 0 Å². The molecule has 0 aliphatic rings. The molecule has 7 nitrogen and oxygen atoms in total. The van der Waals surface area contributed by atoms with Crippen LogP contribution in [0, 0.1) is 10.1 Å². The van der Waals surface area contributed by atoms with Gasteiger partial charge in [-0.05, 0) is 42.5 Å². The van der Waals surface area contributed by atoms with E-state index < -0.39 is 14.9 Å². The summed E-state index contributed by atoms with van der Waals surface area (Å²) >= 11 is 3.22. The molecule has 0 heterocycles. The fourth-order valence-corrected chi connectivity index (χ4v) is 2.81. The molecule has 1 N–H and O–H groups in total. The number of hydrogen-bond donors (Lipinski definition) is 1. The summed E-state index contributed by atoms with van der Waals surface area (Å²) in [6, 6.07) is 12.3. The van der Waals surface area contributed by atoms with E-state index in [1.54, 1.807) is 30.3 Å². The predicted molar refractivity (Wildman–Crippen MR) is 95.1 cm³/mol. The van der Waals surface area contributed by atoms with Gasteiger partial charge in [0.2, 0.25) is 0 Å². The highest BCUT2D eigenvalue weighted by Crippen LogP contribution is 2.18. The maximum absolute atomic E-state index is 12.0. The first-order valence-electron chi connectivity index (χ1n) is 6.61. The van der Waals surface area contributed by atoms with Gasteiger partial charge in [-0.1, -0.05) is 28.1 Å². The number of sulfonamides is 1. The second-order valence-electron chi connectivity index (χ2n) is 4.50. The number of hydrogen-bond acceptors (Lipinski definition) is 5. The van der Waals surface area contributed by atoms with E-state index in [0.29, 0.717) is 5.56 Å². The lowest BCUT2D eigenvalue weighted by Gasteiger charge is -2.02. The molecule has 0 spiro atoms. The third-order valence-corrected chi connectivity index (χ3v) is 4.63. The third kappa shape index (κ3) is 4.74. The second kappa shape index (κ2) is 7.84. The first-order valence-corrected chi connectivity index (χ1v) is 8.88. The molecule has 0 atom stereocenters. The Bertz CT molecular complexity index is 893. The highest BCUT2D eigenvalue weighted by Gasteiger charge is 2.11. The van der Waals surface area contributed by atoms with Gasteiger partial charge in [0.05, 0.1) is 15.4 Å². The van der Waals surface area contributed by atoms with Gasteiger partial charge in [0.15, 0.2) is 0 Å². The van der Waals surface area contributed by atoms with E-state index >= 15 is 0 Å². The van der Waals surface area contributed by atoms with Crippen molar-refractivity contribution in [3.8, 4) is 0 Å². The number of benzene rings is 2. The molecule has 0 unspecified atom stereocenters. The van der Waals surface area contributed by atoms with Gasteiger partial charge in [-0.3, -0.25) is 10.1 Å². The Morgan fingerprint density at radius 1 is 1.12 bits per heavy atom.